The third kappa shape index (κ3) is 3.75. The van der Waals surface area contributed by atoms with E-state index in [2.05, 4.69) is 5.16 Å². The number of halogens is 1. The number of hydrogen-bond donors (Lipinski definition) is 0. The van der Waals surface area contributed by atoms with Crippen molar-refractivity contribution in [2.24, 2.45) is 5.92 Å². The lowest BCUT2D eigenvalue weighted by molar-refractivity contribution is 0.103. The first-order valence-electron chi connectivity index (χ1n) is 8.56. The number of anilines is 1. The molecular weight excluding hydrogens is 356 g/mol. The van der Waals surface area contributed by atoms with Crippen LogP contribution in [0.3, 0.4) is 0 Å². The van der Waals surface area contributed by atoms with Crippen LogP contribution in [0.5, 0.6) is 0 Å². The van der Waals surface area contributed by atoms with Crippen LogP contribution in [0.4, 0.5) is 10.5 Å². The Hall–Kier alpha value is -2.34. The van der Waals surface area contributed by atoms with Crippen molar-refractivity contribution < 1.29 is 18.8 Å². The monoisotopic (exact) mass is 376 g/mol. The van der Waals surface area contributed by atoms with Gasteiger partial charge in [0.2, 0.25) is 0 Å². The Morgan fingerprint density at radius 1 is 1.35 bits per heavy atom. The number of nitrogens with zero attached hydrogens (tertiary/aromatic N) is 2. The molecule has 6 nitrogen and oxygen atoms in total. The number of hydrogen-bond acceptors (Lipinski definition) is 5. The van der Waals surface area contributed by atoms with Crippen molar-refractivity contribution >= 4 is 29.2 Å². The molecule has 1 aromatic heterocycles. The van der Waals surface area contributed by atoms with Crippen LogP contribution in [0, 0.1) is 5.92 Å². The van der Waals surface area contributed by atoms with Gasteiger partial charge in [-0.3, -0.25) is 9.69 Å². The molecule has 0 radical (unpaired) electrons. The molecule has 1 aliphatic carbocycles. The predicted octanol–water partition coefficient (Wildman–Crippen LogP) is 4.67. The van der Waals surface area contributed by atoms with E-state index in [0.29, 0.717) is 34.1 Å². The number of amides is 1. The first kappa shape index (κ1) is 18.5. The Labute approximate surface area is 157 Å². The summed E-state index contributed by atoms with van der Waals surface area (Å²) in [6.45, 7) is 4.35. The zero-order chi connectivity index (χ0) is 18.8. The summed E-state index contributed by atoms with van der Waals surface area (Å²) in [6, 6.07) is 4.87. The van der Waals surface area contributed by atoms with Crippen molar-refractivity contribution in [1.82, 2.24) is 5.16 Å². The van der Waals surface area contributed by atoms with E-state index >= 15 is 0 Å². The van der Waals surface area contributed by atoms with Gasteiger partial charge in [-0.25, -0.2) is 4.79 Å². The van der Waals surface area contributed by atoms with Crippen LogP contribution in [0.25, 0.3) is 0 Å². The van der Waals surface area contributed by atoms with Crippen molar-refractivity contribution in [2.75, 3.05) is 18.6 Å². The summed E-state index contributed by atoms with van der Waals surface area (Å²) in [5.41, 5.74) is 1.22. The molecule has 0 aliphatic heterocycles. The van der Waals surface area contributed by atoms with Crippen molar-refractivity contribution in [3.8, 4) is 0 Å². The van der Waals surface area contributed by atoms with Gasteiger partial charge in [-0.1, -0.05) is 30.6 Å². The highest BCUT2D eigenvalue weighted by molar-refractivity contribution is 6.31. The van der Waals surface area contributed by atoms with Gasteiger partial charge in [0.15, 0.2) is 11.5 Å². The molecule has 1 amide bonds. The molecule has 0 bridgehead atoms. The van der Waals surface area contributed by atoms with Crippen molar-refractivity contribution in [3.63, 3.8) is 0 Å². The van der Waals surface area contributed by atoms with E-state index in [1.807, 2.05) is 13.8 Å². The average molecular weight is 377 g/mol. The largest absolute Gasteiger partial charge is 0.452 e. The Morgan fingerprint density at radius 3 is 2.69 bits per heavy atom. The predicted molar refractivity (Wildman–Crippen MR) is 98.0 cm³/mol. The van der Waals surface area contributed by atoms with Crippen LogP contribution < -0.4 is 4.90 Å². The molecular formula is C19H21ClN2O4. The number of methoxy groups -OCH3 is 1. The van der Waals surface area contributed by atoms with Crippen LogP contribution in [0.15, 0.2) is 28.9 Å². The molecule has 0 atom stereocenters. The maximum absolute atomic E-state index is 13.2. The fourth-order valence-electron chi connectivity index (χ4n) is 2.87. The van der Waals surface area contributed by atoms with Crippen molar-refractivity contribution in [3.05, 3.63) is 46.3 Å². The summed E-state index contributed by atoms with van der Waals surface area (Å²) in [5.74, 6) is 0.801. The third-order valence-electron chi connectivity index (χ3n) is 4.23. The standard InChI is InChI=1S/C19H21ClN2O4/c1-11(2)10-22(19(24)25-3)16-8-13(20)6-7-14(16)17(23)15-9-21-26-18(15)12-4-5-12/h6-9,11-12H,4-5,10H2,1-3H3. The minimum Gasteiger partial charge on any atom is -0.452 e. The van der Waals surface area contributed by atoms with Gasteiger partial charge in [0.25, 0.3) is 0 Å². The van der Waals surface area contributed by atoms with Crippen LogP contribution >= 0.6 is 11.6 Å². The second kappa shape index (κ2) is 7.50. The molecule has 0 N–H and O–H groups in total. The molecule has 1 aliphatic rings. The highest BCUT2D eigenvalue weighted by atomic mass is 35.5. The Kier molecular flexibility index (Phi) is 5.32. The Bertz CT molecular complexity index is 827. The van der Waals surface area contributed by atoms with Gasteiger partial charge in [-0.15, -0.1) is 0 Å². The topological polar surface area (TPSA) is 72.6 Å². The summed E-state index contributed by atoms with van der Waals surface area (Å²) in [4.78, 5) is 26.9. The molecule has 0 saturated heterocycles. The molecule has 1 aromatic carbocycles. The first-order valence-corrected chi connectivity index (χ1v) is 8.94. The zero-order valence-electron chi connectivity index (χ0n) is 15.0. The lowest BCUT2D eigenvalue weighted by Crippen LogP contribution is -2.35. The summed E-state index contributed by atoms with van der Waals surface area (Å²) in [7, 11) is 1.31. The fraction of sp³-hybridized carbons (Fsp3) is 0.421. The lowest BCUT2D eigenvalue weighted by Gasteiger charge is -2.25. The van der Waals surface area contributed by atoms with Gasteiger partial charge in [-0.2, -0.15) is 0 Å². The average Bonchev–Trinajstić information content (AvgIpc) is 3.34. The molecule has 7 heteroatoms. The molecule has 1 heterocycles. The molecule has 0 spiro atoms. The lowest BCUT2D eigenvalue weighted by atomic mass is 10.00. The molecule has 1 fully saturated rings. The van der Waals surface area contributed by atoms with E-state index in [4.69, 9.17) is 20.9 Å². The third-order valence-corrected chi connectivity index (χ3v) is 4.46. The number of benzene rings is 1. The highest BCUT2D eigenvalue weighted by Crippen LogP contribution is 2.42. The number of rotatable bonds is 6. The SMILES string of the molecule is COC(=O)N(CC(C)C)c1cc(Cl)ccc1C(=O)c1cnoc1C1CC1. The normalized spacial score (nSPS) is 13.7. The molecule has 26 heavy (non-hydrogen) atoms. The first-order chi connectivity index (χ1) is 12.4. The summed E-state index contributed by atoms with van der Waals surface area (Å²) < 4.78 is 10.2. The summed E-state index contributed by atoms with van der Waals surface area (Å²) >= 11 is 6.15. The van der Waals surface area contributed by atoms with Gasteiger partial charge in [-0.05, 0) is 37.0 Å². The second-order valence-corrected chi connectivity index (χ2v) is 7.28. The van der Waals surface area contributed by atoms with E-state index in [1.54, 1.807) is 18.2 Å². The zero-order valence-corrected chi connectivity index (χ0v) is 15.7. The van der Waals surface area contributed by atoms with Crippen LogP contribution in [-0.2, 0) is 4.74 Å². The maximum atomic E-state index is 13.2. The minimum atomic E-state index is -0.539. The van der Waals surface area contributed by atoms with Crippen LogP contribution in [-0.4, -0.2) is 30.7 Å². The second-order valence-electron chi connectivity index (χ2n) is 6.84. The quantitative estimate of drug-likeness (QED) is 0.685. The van der Waals surface area contributed by atoms with E-state index in [-0.39, 0.29) is 17.6 Å². The van der Waals surface area contributed by atoms with Gasteiger partial charge in [0.1, 0.15) is 0 Å². The maximum Gasteiger partial charge on any atom is 0.414 e. The summed E-state index contributed by atoms with van der Waals surface area (Å²) in [6.07, 6.45) is 2.89. The van der Waals surface area contributed by atoms with Crippen LogP contribution in [0.1, 0.15) is 54.3 Å². The van der Waals surface area contributed by atoms with E-state index in [0.717, 1.165) is 12.8 Å². The van der Waals surface area contributed by atoms with E-state index in [9.17, 15) is 9.59 Å². The van der Waals surface area contributed by atoms with Crippen molar-refractivity contribution in [2.45, 2.75) is 32.6 Å². The van der Waals surface area contributed by atoms with E-state index < -0.39 is 6.09 Å². The Morgan fingerprint density at radius 2 is 2.08 bits per heavy atom. The highest BCUT2D eigenvalue weighted by Gasteiger charge is 2.34. The number of ketones is 1. The molecule has 0 unspecified atom stereocenters. The van der Waals surface area contributed by atoms with Crippen molar-refractivity contribution in [1.29, 1.82) is 0 Å². The summed E-state index contributed by atoms with van der Waals surface area (Å²) in [5, 5.41) is 4.23. The fourth-order valence-corrected chi connectivity index (χ4v) is 3.04. The van der Waals surface area contributed by atoms with Gasteiger partial charge < -0.3 is 9.26 Å². The number of aromatic nitrogens is 1. The smallest absolute Gasteiger partial charge is 0.414 e. The molecule has 138 valence electrons. The van der Waals surface area contributed by atoms with Crippen LogP contribution in [0.2, 0.25) is 5.02 Å². The number of carbonyl (C=O) groups excluding carboxylic acids is 2. The van der Waals surface area contributed by atoms with Gasteiger partial charge >= 0.3 is 6.09 Å². The minimum absolute atomic E-state index is 0.175. The number of carbonyl (C=O) groups is 2. The molecule has 2 aromatic rings. The molecule has 1 saturated carbocycles. The van der Waals surface area contributed by atoms with Gasteiger partial charge in [0, 0.05) is 23.0 Å². The Balaban J connectivity index is 2.05. The van der Waals surface area contributed by atoms with Gasteiger partial charge in [0.05, 0.1) is 24.6 Å². The van der Waals surface area contributed by atoms with E-state index in [1.165, 1.54) is 18.2 Å². The molecule has 3 rings (SSSR count). The number of ether oxygens (including phenoxy) is 1.